The summed E-state index contributed by atoms with van der Waals surface area (Å²) in [4.78, 5) is 0. The van der Waals surface area contributed by atoms with E-state index in [1.807, 2.05) is 84.9 Å². The number of benzene rings is 5. The number of phenolic OH excluding ortho intramolecular Hbond substituents is 3. The molecule has 0 saturated heterocycles. The van der Waals surface area contributed by atoms with E-state index in [1.165, 1.54) is 0 Å². The van der Waals surface area contributed by atoms with Crippen LogP contribution in [-0.4, -0.2) is 15.3 Å². The van der Waals surface area contributed by atoms with Crippen molar-refractivity contribution in [1.82, 2.24) is 0 Å². The number of aromatic hydroxyl groups is 3. The zero-order valence-electron chi connectivity index (χ0n) is 19.5. The topological polar surface area (TPSA) is 60.7 Å². The summed E-state index contributed by atoms with van der Waals surface area (Å²) in [6.07, 6.45) is 0.615. The molecule has 3 N–H and O–H groups in total. The van der Waals surface area contributed by atoms with Crippen molar-refractivity contribution < 1.29 is 15.3 Å². The van der Waals surface area contributed by atoms with Gasteiger partial charge in [-0.2, -0.15) is 0 Å². The smallest absolute Gasteiger partial charge is 0.122 e. The van der Waals surface area contributed by atoms with Gasteiger partial charge in [0.05, 0.1) is 0 Å². The lowest BCUT2D eigenvalue weighted by molar-refractivity contribution is 0.457. The van der Waals surface area contributed by atoms with Gasteiger partial charge in [0.15, 0.2) is 0 Å². The minimum absolute atomic E-state index is 0.105. The molecule has 0 aliphatic rings. The third kappa shape index (κ3) is 5.07. The first-order valence-electron chi connectivity index (χ1n) is 11.7. The zero-order valence-corrected chi connectivity index (χ0v) is 20.3. The van der Waals surface area contributed by atoms with E-state index >= 15 is 0 Å². The number of hydrogen-bond donors (Lipinski definition) is 3. The van der Waals surface area contributed by atoms with E-state index in [-0.39, 0.29) is 17.2 Å². The van der Waals surface area contributed by atoms with Crippen molar-refractivity contribution in [2.24, 2.45) is 0 Å². The Labute approximate surface area is 215 Å². The minimum Gasteiger partial charge on any atom is -0.508 e. The Hall–Kier alpha value is -4.21. The highest BCUT2D eigenvalue weighted by atomic mass is 35.5. The fraction of sp³-hybridized carbons (Fsp3) is 0.0625. The van der Waals surface area contributed by atoms with E-state index in [0.29, 0.717) is 40.1 Å². The summed E-state index contributed by atoms with van der Waals surface area (Å²) in [7, 11) is 0. The monoisotopic (exact) mass is 492 g/mol. The molecule has 0 saturated carbocycles. The quantitative estimate of drug-likeness (QED) is 0.225. The zero-order chi connectivity index (χ0) is 25.1. The van der Waals surface area contributed by atoms with Gasteiger partial charge in [-0.3, -0.25) is 0 Å². The first-order chi connectivity index (χ1) is 17.5. The van der Waals surface area contributed by atoms with Crippen LogP contribution < -0.4 is 0 Å². The molecule has 0 radical (unpaired) electrons. The molecule has 0 bridgehead atoms. The van der Waals surface area contributed by atoms with Crippen molar-refractivity contribution in [3.05, 3.63) is 136 Å². The largest absolute Gasteiger partial charge is 0.508 e. The molecule has 0 unspecified atom stereocenters. The fourth-order valence-electron chi connectivity index (χ4n) is 4.47. The second-order valence-corrected chi connectivity index (χ2v) is 9.28. The molecule has 36 heavy (non-hydrogen) atoms. The van der Waals surface area contributed by atoms with Gasteiger partial charge in [0.1, 0.15) is 17.2 Å². The molecule has 0 aromatic heterocycles. The van der Waals surface area contributed by atoms with Crippen LogP contribution in [0.1, 0.15) is 22.3 Å². The normalized spacial score (nSPS) is 10.9. The summed E-state index contributed by atoms with van der Waals surface area (Å²) in [5, 5.41) is 32.7. The average Bonchev–Trinajstić information content (AvgIpc) is 2.90. The van der Waals surface area contributed by atoms with Crippen LogP contribution in [0, 0.1) is 0 Å². The maximum absolute atomic E-state index is 11.2. The summed E-state index contributed by atoms with van der Waals surface area (Å²) < 4.78 is 0. The molecular formula is C32H25ClO3. The Morgan fingerprint density at radius 3 is 1.28 bits per heavy atom. The van der Waals surface area contributed by atoms with E-state index in [4.69, 9.17) is 11.6 Å². The Balaban J connectivity index is 1.47. The van der Waals surface area contributed by atoms with Gasteiger partial charge in [0.2, 0.25) is 0 Å². The van der Waals surface area contributed by atoms with E-state index in [9.17, 15) is 15.3 Å². The molecule has 5 rings (SSSR count). The van der Waals surface area contributed by atoms with Crippen LogP contribution in [0.15, 0.2) is 109 Å². The maximum atomic E-state index is 11.2. The molecule has 0 aliphatic carbocycles. The predicted molar refractivity (Wildman–Crippen MR) is 146 cm³/mol. The van der Waals surface area contributed by atoms with Crippen molar-refractivity contribution in [3.63, 3.8) is 0 Å². The number of phenols is 3. The van der Waals surface area contributed by atoms with Crippen LogP contribution in [0.5, 0.6) is 17.2 Å². The average molecular weight is 493 g/mol. The number of hydrogen-bond acceptors (Lipinski definition) is 3. The molecule has 5 aromatic carbocycles. The molecule has 0 heterocycles. The molecule has 0 amide bonds. The van der Waals surface area contributed by atoms with Crippen LogP contribution in [-0.2, 0) is 12.8 Å². The highest BCUT2D eigenvalue weighted by Gasteiger charge is 2.15. The summed E-state index contributed by atoms with van der Waals surface area (Å²) in [6.45, 7) is 0. The second-order valence-electron chi connectivity index (χ2n) is 8.85. The van der Waals surface area contributed by atoms with E-state index < -0.39 is 0 Å². The standard InChI is InChI=1S/C32H25ClO3/c33-29-19-27(17-25-15-23(11-13-30(25)34)21-7-3-1-4-8-21)32(36)28(20-29)18-26-16-24(12-14-31(26)35)22-9-5-2-6-10-22/h1-16,19-20,34-36H,17-18H2. The van der Waals surface area contributed by atoms with Gasteiger partial charge in [0, 0.05) is 29.0 Å². The first-order valence-corrected chi connectivity index (χ1v) is 12.1. The van der Waals surface area contributed by atoms with Gasteiger partial charge in [-0.15, -0.1) is 0 Å². The van der Waals surface area contributed by atoms with E-state index in [1.54, 1.807) is 24.3 Å². The lowest BCUT2D eigenvalue weighted by Gasteiger charge is -2.14. The summed E-state index contributed by atoms with van der Waals surface area (Å²) >= 11 is 6.45. The fourth-order valence-corrected chi connectivity index (χ4v) is 4.74. The van der Waals surface area contributed by atoms with Crippen LogP contribution >= 0.6 is 11.6 Å². The van der Waals surface area contributed by atoms with Gasteiger partial charge in [-0.1, -0.05) is 84.4 Å². The van der Waals surface area contributed by atoms with Crippen molar-refractivity contribution in [2.75, 3.05) is 0 Å². The maximum Gasteiger partial charge on any atom is 0.122 e. The Morgan fingerprint density at radius 1 is 0.444 bits per heavy atom. The molecule has 4 heteroatoms. The molecule has 178 valence electrons. The summed E-state index contributed by atoms with van der Waals surface area (Å²) in [5.41, 5.74) is 6.64. The number of rotatable bonds is 6. The van der Waals surface area contributed by atoms with Gasteiger partial charge in [-0.25, -0.2) is 0 Å². The predicted octanol–water partition coefficient (Wildman–Crippen LogP) is 7.97. The van der Waals surface area contributed by atoms with Gasteiger partial charge >= 0.3 is 0 Å². The van der Waals surface area contributed by atoms with Gasteiger partial charge in [0.25, 0.3) is 0 Å². The molecule has 0 aliphatic heterocycles. The third-order valence-corrected chi connectivity index (χ3v) is 6.59. The first kappa shape index (κ1) is 23.5. The highest BCUT2D eigenvalue weighted by Crippen LogP contribution is 2.36. The summed E-state index contributed by atoms with van der Waals surface area (Å²) in [5.74, 6) is 0.418. The van der Waals surface area contributed by atoms with Crippen LogP contribution in [0.4, 0.5) is 0 Å². The van der Waals surface area contributed by atoms with Crippen molar-refractivity contribution >= 4 is 11.6 Å². The Bertz CT molecular complexity index is 1400. The Kier molecular flexibility index (Phi) is 6.66. The molecule has 3 nitrogen and oxygen atoms in total. The Morgan fingerprint density at radius 2 is 0.861 bits per heavy atom. The lowest BCUT2D eigenvalue weighted by atomic mass is 9.94. The SMILES string of the molecule is Oc1ccc(-c2ccccc2)cc1Cc1cc(Cl)cc(Cc2cc(-c3ccccc3)ccc2O)c1O. The van der Waals surface area contributed by atoms with E-state index in [0.717, 1.165) is 22.3 Å². The second kappa shape index (κ2) is 10.2. The van der Waals surface area contributed by atoms with Crippen LogP contribution in [0.3, 0.4) is 0 Å². The van der Waals surface area contributed by atoms with Crippen LogP contribution in [0.25, 0.3) is 22.3 Å². The molecule has 0 spiro atoms. The van der Waals surface area contributed by atoms with Crippen LogP contribution in [0.2, 0.25) is 5.02 Å². The number of halogens is 1. The van der Waals surface area contributed by atoms with Gasteiger partial charge < -0.3 is 15.3 Å². The molecule has 0 fully saturated rings. The van der Waals surface area contributed by atoms with Gasteiger partial charge in [-0.05, 0) is 69.8 Å². The molecule has 5 aromatic rings. The van der Waals surface area contributed by atoms with E-state index in [2.05, 4.69) is 0 Å². The molecular weight excluding hydrogens is 468 g/mol. The molecule has 0 atom stereocenters. The highest BCUT2D eigenvalue weighted by molar-refractivity contribution is 6.30. The summed E-state index contributed by atoms with van der Waals surface area (Å²) in [6, 6.07) is 34.3. The lowest BCUT2D eigenvalue weighted by Crippen LogP contribution is -1.97. The van der Waals surface area contributed by atoms with Crippen molar-refractivity contribution in [1.29, 1.82) is 0 Å². The van der Waals surface area contributed by atoms with Crippen molar-refractivity contribution in [3.8, 4) is 39.5 Å². The minimum atomic E-state index is 0.105. The van der Waals surface area contributed by atoms with Crippen molar-refractivity contribution in [2.45, 2.75) is 12.8 Å². The third-order valence-electron chi connectivity index (χ3n) is 6.37.